The molecule has 0 bridgehead atoms. The lowest BCUT2D eigenvalue weighted by atomic mass is 10.0. The van der Waals surface area contributed by atoms with Gasteiger partial charge in [0.15, 0.2) is 0 Å². The van der Waals surface area contributed by atoms with Crippen molar-refractivity contribution in [2.45, 2.75) is 56.8 Å². The molecule has 8 rings (SSSR count). The van der Waals surface area contributed by atoms with Crippen molar-refractivity contribution in [2.24, 2.45) is 4.99 Å². The zero-order chi connectivity index (χ0) is 41.4. The number of amides is 3. The van der Waals surface area contributed by atoms with E-state index in [1.807, 2.05) is 61.7 Å². The van der Waals surface area contributed by atoms with Crippen LogP contribution in [0.5, 0.6) is 0 Å². The fourth-order valence-electron chi connectivity index (χ4n) is 8.78. The van der Waals surface area contributed by atoms with Crippen molar-refractivity contribution in [1.82, 2.24) is 30.0 Å². The zero-order valence-electron chi connectivity index (χ0n) is 34.3. The Bertz CT molecular complexity index is 2260. The Balaban J connectivity index is 0.901. The maximum absolute atomic E-state index is 14.2. The van der Waals surface area contributed by atoms with Gasteiger partial charge in [0.05, 0.1) is 50.8 Å². The summed E-state index contributed by atoms with van der Waals surface area (Å²) in [7, 11) is 1.29. The average Bonchev–Trinajstić information content (AvgIpc) is 4.11. The number of hydrogen-bond acceptors (Lipinski definition) is 8. The van der Waals surface area contributed by atoms with Crippen molar-refractivity contribution < 1.29 is 23.9 Å². The Labute approximate surface area is 351 Å². The number of morpholine rings is 1. The molecule has 4 atom stereocenters. The molecule has 3 amide bonds. The highest BCUT2D eigenvalue weighted by atomic mass is 16.5. The monoisotopic (exact) mass is 807 g/mol. The van der Waals surface area contributed by atoms with E-state index in [0.717, 1.165) is 84.5 Å². The number of alkyl carbamates (subject to hydrolysis) is 1. The topological polar surface area (TPSA) is 132 Å². The number of imidazole rings is 1. The quantitative estimate of drug-likeness (QED) is 0.126. The molecule has 4 aromatic carbocycles. The molecule has 12 nitrogen and oxygen atoms in total. The lowest BCUT2D eigenvalue weighted by Gasteiger charge is -2.37. The summed E-state index contributed by atoms with van der Waals surface area (Å²) in [6.45, 7) is 6.72. The Kier molecular flexibility index (Phi) is 12.8. The van der Waals surface area contributed by atoms with Gasteiger partial charge in [-0.25, -0.2) is 9.78 Å². The third-order valence-corrected chi connectivity index (χ3v) is 12.1. The van der Waals surface area contributed by atoms with Crippen molar-refractivity contribution >= 4 is 23.6 Å². The molecule has 60 heavy (non-hydrogen) atoms. The molecule has 5 aromatic rings. The predicted octanol–water partition coefficient (Wildman–Crippen LogP) is 7.38. The standard InChI is InChI=1S/C48H53N7O5/c1-33(49-31-40-15-9-25-54(40)47(57)44(39-13-7-4-8-14-39)53-27-29-60-30-28-53)34-17-19-35(20-18-34)36-21-23-37(24-22-36)41-32-50-45(51-41)42-16-10-26-55(42)46(56)43(52-48(58)59-2)38-11-5-3-6-12-38/h3-8,11-14,17-24,32,40,42-44H,9-10,15-16,25-31H2,1-2H3,(H,50,51)(H,52,58). The fourth-order valence-corrected chi connectivity index (χ4v) is 8.78. The number of hydrogen-bond donors (Lipinski definition) is 2. The third kappa shape index (κ3) is 9.05. The number of nitrogens with one attached hydrogen (secondary N) is 2. The molecule has 0 saturated carbocycles. The number of H-pyrrole nitrogens is 1. The van der Waals surface area contributed by atoms with E-state index in [0.29, 0.717) is 37.7 Å². The van der Waals surface area contributed by atoms with Gasteiger partial charge >= 0.3 is 6.09 Å². The minimum atomic E-state index is -0.869. The minimum Gasteiger partial charge on any atom is -0.453 e. The fraction of sp³-hybridized carbons (Fsp3) is 0.354. The number of ether oxygens (including phenoxy) is 2. The van der Waals surface area contributed by atoms with Crippen molar-refractivity contribution in [1.29, 1.82) is 0 Å². The Morgan fingerprint density at radius 3 is 2.08 bits per heavy atom. The SMILES string of the molecule is COC(=O)NC(C(=O)N1CCCC1c1ncc(-c2ccc(-c3ccc(C(C)=NCC4CCCN4C(=O)C(c4ccccc4)N4CCOCC4)cc3)cc2)[nH]1)c1ccccc1. The van der Waals surface area contributed by atoms with E-state index < -0.39 is 12.1 Å². The normalized spacial score (nSPS) is 19.5. The number of rotatable bonds is 12. The van der Waals surface area contributed by atoms with Crippen LogP contribution in [0.25, 0.3) is 22.4 Å². The number of carbonyl (C=O) groups is 3. The summed E-state index contributed by atoms with van der Waals surface area (Å²) in [5.74, 6) is 0.681. The zero-order valence-corrected chi connectivity index (χ0v) is 34.3. The van der Waals surface area contributed by atoms with Gasteiger partial charge in [-0.1, -0.05) is 109 Å². The van der Waals surface area contributed by atoms with Gasteiger partial charge in [-0.15, -0.1) is 0 Å². The molecule has 0 radical (unpaired) electrons. The molecule has 3 saturated heterocycles. The van der Waals surface area contributed by atoms with Gasteiger partial charge in [-0.2, -0.15) is 0 Å². The van der Waals surface area contributed by atoms with Gasteiger partial charge in [0, 0.05) is 31.9 Å². The van der Waals surface area contributed by atoms with Crippen LogP contribution in [0, 0.1) is 0 Å². The van der Waals surface area contributed by atoms with E-state index in [-0.39, 0.29) is 29.9 Å². The second-order valence-electron chi connectivity index (χ2n) is 15.7. The van der Waals surface area contributed by atoms with Crippen LogP contribution < -0.4 is 5.32 Å². The summed E-state index contributed by atoms with van der Waals surface area (Å²) in [5.41, 5.74) is 7.78. The van der Waals surface area contributed by atoms with Crippen LogP contribution in [0.1, 0.15) is 73.2 Å². The highest BCUT2D eigenvalue weighted by Crippen LogP contribution is 2.35. The number of benzene rings is 4. The molecule has 0 aliphatic carbocycles. The Morgan fingerprint density at radius 1 is 0.783 bits per heavy atom. The summed E-state index contributed by atoms with van der Waals surface area (Å²) >= 11 is 0. The summed E-state index contributed by atoms with van der Waals surface area (Å²) in [6, 6.07) is 34.8. The van der Waals surface area contributed by atoms with Crippen molar-refractivity contribution in [3.05, 3.63) is 138 Å². The smallest absolute Gasteiger partial charge is 0.407 e. The minimum absolute atomic E-state index is 0.0744. The largest absolute Gasteiger partial charge is 0.453 e. The van der Waals surface area contributed by atoms with E-state index in [4.69, 9.17) is 19.5 Å². The number of aliphatic imine (C=N–C) groups is 1. The predicted molar refractivity (Wildman–Crippen MR) is 231 cm³/mol. The van der Waals surface area contributed by atoms with Gasteiger partial charge in [-0.3, -0.25) is 19.5 Å². The lowest BCUT2D eigenvalue weighted by molar-refractivity contribution is -0.140. The van der Waals surface area contributed by atoms with Gasteiger partial charge < -0.3 is 29.6 Å². The molecule has 3 aliphatic rings. The summed E-state index contributed by atoms with van der Waals surface area (Å²) in [5, 5.41) is 2.72. The van der Waals surface area contributed by atoms with Crippen LogP contribution in [0.2, 0.25) is 0 Å². The number of nitrogens with zero attached hydrogens (tertiary/aromatic N) is 5. The number of aromatic amines is 1. The first-order valence-corrected chi connectivity index (χ1v) is 21.0. The molecule has 0 spiro atoms. The Hall–Kier alpha value is -6.11. The number of carbonyl (C=O) groups excluding carboxylic acids is 3. The third-order valence-electron chi connectivity index (χ3n) is 12.1. The first-order valence-electron chi connectivity index (χ1n) is 21.0. The lowest BCUT2D eigenvalue weighted by Crippen LogP contribution is -2.49. The molecule has 2 N–H and O–H groups in total. The first kappa shape index (κ1) is 40.7. The number of methoxy groups -OCH3 is 1. The molecule has 310 valence electrons. The van der Waals surface area contributed by atoms with Crippen molar-refractivity contribution in [3.8, 4) is 22.4 Å². The van der Waals surface area contributed by atoms with Gasteiger partial charge in [0.25, 0.3) is 5.91 Å². The van der Waals surface area contributed by atoms with E-state index in [9.17, 15) is 14.4 Å². The Morgan fingerprint density at radius 2 is 1.40 bits per heavy atom. The number of likely N-dealkylation sites (tertiary alicyclic amines) is 2. The maximum atomic E-state index is 14.2. The van der Waals surface area contributed by atoms with E-state index in [2.05, 4.69) is 80.8 Å². The second kappa shape index (κ2) is 18.9. The first-order chi connectivity index (χ1) is 29.4. The number of aromatic nitrogens is 2. The summed E-state index contributed by atoms with van der Waals surface area (Å²) < 4.78 is 10.4. The van der Waals surface area contributed by atoms with Crippen LogP contribution in [-0.2, 0) is 19.1 Å². The molecular formula is C48H53N7O5. The van der Waals surface area contributed by atoms with E-state index in [1.54, 1.807) is 4.90 Å². The van der Waals surface area contributed by atoms with Crippen LogP contribution in [-0.4, -0.2) is 107 Å². The van der Waals surface area contributed by atoms with Crippen molar-refractivity contribution in [3.63, 3.8) is 0 Å². The molecular weight excluding hydrogens is 755 g/mol. The molecule has 3 fully saturated rings. The summed E-state index contributed by atoms with van der Waals surface area (Å²) in [4.78, 5) is 59.7. The molecule has 4 unspecified atom stereocenters. The van der Waals surface area contributed by atoms with Crippen LogP contribution in [0.3, 0.4) is 0 Å². The molecule has 4 heterocycles. The average molecular weight is 808 g/mol. The summed E-state index contributed by atoms with van der Waals surface area (Å²) in [6.07, 6.45) is 4.68. The van der Waals surface area contributed by atoms with Crippen molar-refractivity contribution in [2.75, 3.05) is 53.0 Å². The van der Waals surface area contributed by atoms with Gasteiger partial charge in [0.1, 0.15) is 17.9 Å². The second-order valence-corrected chi connectivity index (χ2v) is 15.7. The van der Waals surface area contributed by atoms with Crippen LogP contribution in [0.15, 0.2) is 120 Å². The van der Waals surface area contributed by atoms with E-state index >= 15 is 0 Å². The molecule has 12 heteroatoms. The molecule has 3 aliphatic heterocycles. The van der Waals surface area contributed by atoms with Crippen LogP contribution in [0.4, 0.5) is 4.79 Å². The van der Waals surface area contributed by atoms with Gasteiger partial charge in [-0.05, 0) is 66.0 Å². The highest BCUT2D eigenvalue weighted by molar-refractivity contribution is 5.99. The molecule has 1 aromatic heterocycles. The highest BCUT2D eigenvalue weighted by Gasteiger charge is 2.38. The van der Waals surface area contributed by atoms with Gasteiger partial charge in [0.2, 0.25) is 5.91 Å². The van der Waals surface area contributed by atoms with E-state index in [1.165, 1.54) is 7.11 Å². The van der Waals surface area contributed by atoms with Crippen LogP contribution >= 0.6 is 0 Å². The maximum Gasteiger partial charge on any atom is 0.407 e.